The maximum atomic E-state index is 12.3. The summed E-state index contributed by atoms with van der Waals surface area (Å²) in [5, 5.41) is 0. The lowest BCUT2D eigenvalue weighted by Crippen LogP contribution is -2.45. The van der Waals surface area contributed by atoms with Crippen LogP contribution in [0.15, 0.2) is 42.5 Å². The molecule has 0 aromatic heterocycles. The van der Waals surface area contributed by atoms with Crippen molar-refractivity contribution in [3.63, 3.8) is 0 Å². The second kappa shape index (κ2) is 9.93. The Hall–Kier alpha value is -2.82. The summed E-state index contributed by atoms with van der Waals surface area (Å²) in [5.74, 6) is 0.179. The molecule has 0 fully saturated rings. The van der Waals surface area contributed by atoms with Gasteiger partial charge in [0.1, 0.15) is 5.75 Å². The first-order valence-corrected chi connectivity index (χ1v) is 9.63. The van der Waals surface area contributed by atoms with E-state index in [1.54, 1.807) is 0 Å². The topological polar surface area (TPSA) is 67.4 Å². The standard InChI is InChI=1S/C23H30N2O3/c1-15(2)10-19-6-8-20(9-7-19)18(5)23(27)25-24-22(26)14-28-21-12-16(3)11-17(4)13-21/h6-9,11-13,15,18H,10,14H2,1-5H3,(H,24,26)(H,25,27). The maximum absolute atomic E-state index is 12.3. The highest BCUT2D eigenvalue weighted by Gasteiger charge is 2.16. The van der Waals surface area contributed by atoms with Gasteiger partial charge in [0.15, 0.2) is 6.61 Å². The summed E-state index contributed by atoms with van der Waals surface area (Å²) in [5.41, 5.74) is 9.17. The van der Waals surface area contributed by atoms with Crippen molar-refractivity contribution in [2.24, 2.45) is 5.92 Å². The SMILES string of the molecule is Cc1cc(C)cc(OCC(=O)NNC(=O)C(C)c2ccc(CC(C)C)cc2)c1. The third-order valence-corrected chi connectivity index (χ3v) is 4.41. The number of rotatable bonds is 7. The van der Waals surface area contributed by atoms with Gasteiger partial charge in [-0.05, 0) is 67.5 Å². The molecule has 5 nitrogen and oxygen atoms in total. The number of benzene rings is 2. The van der Waals surface area contributed by atoms with E-state index in [4.69, 9.17) is 4.74 Å². The number of amides is 2. The normalized spacial score (nSPS) is 11.8. The highest BCUT2D eigenvalue weighted by atomic mass is 16.5. The Kier molecular flexibility index (Phi) is 7.61. The molecule has 0 bridgehead atoms. The van der Waals surface area contributed by atoms with E-state index >= 15 is 0 Å². The van der Waals surface area contributed by atoms with Crippen molar-refractivity contribution in [2.75, 3.05) is 6.61 Å². The Morgan fingerprint density at radius 3 is 2.11 bits per heavy atom. The quantitative estimate of drug-likeness (QED) is 0.715. The van der Waals surface area contributed by atoms with E-state index in [0.717, 1.165) is 23.1 Å². The van der Waals surface area contributed by atoms with Gasteiger partial charge in [-0.2, -0.15) is 0 Å². The monoisotopic (exact) mass is 382 g/mol. The summed E-state index contributed by atoms with van der Waals surface area (Å²) in [6, 6.07) is 13.8. The molecule has 2 amide bonds. The summed E-state index contributed by atoms with van der Waals surface area (Å²) < 4.78 is 5.49. The van der Waals surface area contributed by atoms with Gasteiger partial charge < -0.3 is 4.74 Å². The fraction of sp³-hybridized carbons (Fsp3) is 0.391. The zero-order valence-corrected chi connectivity index (χ0v) is 17.3. The lowest BCUT2D eigenvalue weighted by atomic mass is 9.96. The van der Waals surface area contributed by atoms with E-state index in [1.165, 1.54) is 5.56 Å². The molecule has 2 aromatic carbocycles. The van der Waals surface area contributed by atoms with Gasteiger partial charge in [0, 0.05) is 0 Å². The number of aryl methyl sites for hydroxylation is 2. The molecule has 0 aliphatic carbocycles. The molecule has 2 aromatic rings. The summed E-state index contributed by atoms with van der Waals surface area (Å²) in [6.45, 7) is 9.94. The Morgan fingerprint density at radius 1 is 0.929 bits per heavy atom. The van der Waals surface area contributed by atoms with Crippen LogP contribution in [0, 0.1) is 19.8 Å². The minimum absolute atomic E-state index is 0.165. The second-order valence-corrected chi connectivity index (χ2v) is 7.71. The molecule has 28 heavy (non-hydrogen) atoms. The molecular formula is C23H30N2O3. The number of hydrogen-bond acceptors (Lipinski definition) is 3. The molecule has 150 valence electrons. The molecule has 2 rings (SSSR count). The molecule has 0 aliphatic rings. The molecule has 0 saturated carbocycles. The third kappa shape index (κ3) is 6.72. The first-order chi connectivity index (χ1) is 13.2. The smallest absolute Gasteiger partial charge is 0.276 e. The third-order valence-electron chi connectivity index (χ3n) is 4.41. The zero-order chi connectivity index (χ0) is 20.7. The molecule has 0 aliphatic heterocycles. The van der Waals surface area contributed by atoms with Gasteiger partial charge in [0.05, 0.1) is 5.92 Å². The molecule has 0 spiro atoms. The summed E-state index contributed by atoms with van der Waals surface area (Å²) >= 11 is 0. The predicted octanol–water partition coefficient (Wildman–Crippen LogP) is 3.83. The molecule has 0 heterocycles. The van der Waals surface area contributed by atoms with E-state index in [2.05, 4.69) is 36.8 Å². The van der Waals surface area contributed by atoms with Crippen molar-refractivity contribution >= 4 is 11.8 Å². The van der Waals surface area contributed by atoms with Crippen LogP contribution in [0.25, 0.3) is 0 Å². The molecule has 1 atom stereocenters. The van der Waals surface area contributed by atoms with E-state index in [-0.39, 0.29) is 18.4 Å². The summed E-state index contributed by atoms with van der Waals surface area (Å²) in [4.78, 5) is 24.3. The molecule has 5 heteroatoms. The van der Waals surface area contributed by atoms with Crippen LogP contribution in [0.5, 0.6) is 5.75 Å². The van der Waals surface area contributed by atoms with Crippen molar-refractivity contribution in [2.45, 2.75) is 47.0 Å². The van der Waals surface area contributed by atoms with E-state index in [9.17, 15) is 9.59 Å². The molecule has 2 N–H and O–H groups in total. The van der Waals surface area contributed by atoms with Gasteiger partial charge in [-0.1, -0.05) is 44.2 Å². The average molecular weight is 383 g/mol. The Morgan fingerprint density at radius 2 is 1.54 bits per heavy atom. The van der Waals surface area contributed by atoms with Crippen LogP contribution >= 0.6 is 0 Å². The van der Waals surface area contributed by atoms with Crippen LogP contribution < -0.4 is 15.6 Å². The van der Waals surface area contributed by atoms with E-state index in [1.807, 2.05) is 51.1 Å². The Labute approximate surface area is 167 Å². The molecule has 1 unspecified atom stereocenters. The fourth-order valence-corrected chi connectivity index (χ4v) is 3.01. The molecular weight excluding hydrogens is 352 g/mol. The van der Waals surface area contributed by atoms with Gasteiger partial charge >= 0.3 is 0 Å². The van der Waals surface area contributed by atoms with Gasteiger partial charge in [-0.15, -0.1) is 0 Å². The van der Waals surface area contributed by atoms with E-state index < -0.39 is 5.91 Å². The van der Waals surface area contributed by atoms with Crippen LogP contribution in [0.1, 0.15) is 48.9 Å². The minimum atomic E-state index is -0.410. The van der Waals surface area contributed by atoms with Gasteiger partial charge in [-0.3, -0.25) is 20.4 Å². The lowest BCUT2D eigenvalue weighted by Gasteiger charge is -2.14. The van der Waals surface area contributed by atoms with Crippen LogP contribution in [0.4, 0.5) is 0 Å². The van der Waals surface area contributed by atoms with Crippen LogP contribution in [0.3, 0.4) is 0 Å². The molecule has 0 radical (unpaired) electrons. The fourth-order valence-electron chi connectivity index (χ4n) is 3.01. The van der Waals surface area contributed by atoms with Gasteiger partial charge in [-0.25, -0.2) is 0 Å². The second-order valence-electron chi connectivity index (χ2n) is 7.71. The van der Waals surface area contributed by atoms with Crippen molar-refractivity contribution in [3.05, 3.63) is 64.7 Å². The van der Waals surface area contributed by atoms with Crippen LogP contribution in [-0.4, -0.2) is 18.4 Å². The first-order valence-electron chi connectivity index (χ1n) is 9.63. The molecule has 0 saturated heterocycles. The van der Waals surface area contributed by atoms with Crippen LogP contribution in [-0.2, 0) is 16.0 Å². The highest BCUT2D eigenvalue weighted by molar-refractivity contribution is 5.86. The largest absolute Gasteiger partial charge is 0.484 e. The number of carbonyl (C=O) groups is 2. The van der Waals surface area contributed by atoms with Crippen molar-refractivity contribution in [1.82, 2.24) is 10.9 Å². The van der Waals surface area contributed by atoms with Crippen molar-refractivity contribution in [3.8, 4) is 5.75 Å². The Bertz CT molecular complexity index is 793. The van der Waals surface area contributed by atoms with Crippen molar-refractivity contribution in [1.29, 1.82) is 0 Å². The summed E-state index contributed by atoms with van der Waals surface area (Å²) in [7, 11) is 0. The maximum Gasteiger partial charge on any atom is 0.276 e. The van der Waals surface area contributed by atoms with Gasteiger partial charge in [0.2, 0.25) is 5.91 Å². The number of hydrazine groups is 1. The van der Waals surface area contributed by atoms with Crippen molar-refractivity contribution < 1.29 is 14.3 Å². The lowest BCUT2D eigenvalue weighted by molar-refractivity contribution is -0.130. The highest BCUT2D eigenvalue weighted by Crippen LogP contribution is 2.18. The number of nitrogens with one attached hydrogen (secondary N) is 2. The van der Waals surface area contributed by atoms with E-state index in [0.29, 0.717) is 11.7 Å². The Balaban J connectivity index is 1.81. The summed E-state index contributed by atoms with van der Waals surface area (Å²) in [6.07, 6.45) is 1.01. The van der Waals surface area contributed by atoms with Crippen LogP contribution in [0.2, 0.25) is 0 Å². The average Bonchev–Trinajstić information content (AvgIpc) is 2.63. The zero-order valence-electron chi connectivity index (χ0n) is 17.3. The minimum Gasteiger partial charge on any atom is -0.484 e. The predicted molar refractivity (Wildman–Crippen MR) is 111 cm³/mol. The number of carbonyl (C=O) groups excluding carboxylic acids is 2. The first kappa shape index (κ1) is 21.5. The number of ether oxygens (including phenoxy) is 1. The van der Waals surface area contributed by atoms with Gasteiger partial charge in [0.25, 0.3) is 5.91 Å². The number of hydrogen-bond donors (Lipinski definition) is 2.